The summed E-state index contributed by atoms with van der Waals surface area (Å²) in [6.45, 7) is 6.56. The highest BCUT2D eigenvalue weighted by Gasteiger charge is 2.10. The number of methoxy groups -OCH3 is 1. The molecule has 0 aliphatic rings. The lowest BCUT2D eigenvalue weighted by Crippen LogP contribution is -2.38. The molecule has 0 spiro atoms. The molecule has 1 N–H and O–H groups in total. The molecule has 0 bridgehead atoms. The number of nitrogens with zero attached hydrogens (tertiary/aromatic N) is 3. The van der Waals surface area contributed by atoms with E-state index >= 15 is 0 Å². The summed E-state index contributed by atoms with van der Waals surface area (Å²) in [5.41, 5.74) is 1.14. The van der Waals surface area contributed by atoms with Gasteiger partial charge in [0.2, 0.25) is 0 Å². The average Bonchev–Trinajstić information content (AvgIpc) is 3.09. The van der Waals surface area contributed by atoms with Crippen LogP contribution in [0.4, 0.5) is 0 Å². The van der Waals surface area contributed by atoms with E-state index in [1.54, 1.807) is 18.4 Å². The molecule has 2 aromatic rings. The Hall–Kier alpha value is -2.08. The molecular weight excluding hydrogens is 332 g/mol. The van der Waals surface area contributed by atoms with Crippen molar-refractivity contribution in [1.82, 2.24) is 15.2 Å². The van der Waals surface area contributed by atoms with E-state index in [9.17, 15) is 0 Å². The third kappa shape index (κ3) is 5.74. The largest absolute Gasteiger partial charge is 0.496 e. The fourth-order valence-corrected chi connectivity index (χ4v) is 3.37. The van der Waals surface area contributed by atoms with E-state index < -0.39 is 0 Å². The number of aryl methyl sites for hydroxylation is 1. The van der Waals surface area contributed by atoms with Gasteiger partial charge in [0.1, 0.15) is 5.75 Å². The van der Waals surface area contributed by atoms with E-state index in [1.165, 1.54) is 4.88 Å². The van der Waals surface area contributed by atoms with Gasteiger partial charge < -0.3 is 15.0 Å². The fourth-order valence-electron chi connectivity index (χ4n) is 2.52. The Balaban J connectivity index is 1.99. The zero-order valence-corrected chi connectivity index (χ0v) is 16.4. The number of aliphatic imine (C=N–C) groups is 1. The predicted molar refractivity (Wildman–Crippen MR) is 106 cm³/mol. The molecule has 136 valence electrons. The van der Waals surface area contributed by atoms with Crippen molar-refractivity contribution in [3.63, 3.8) is 0 Å². The van der Waals surface area contributed by atoms with Crippen LogP contribution >= 0.6 is 11.3 Å². The molecule has 25 heavy (non-hydrogen) atoms. The summed E-state index contributed by atoms with van der Waals surface area (Å²) in [5.74, 6) is 1.81. The smallest absolute Gasteiger partial charge is 0.193 e. The second-order valence-electron chi connectivity index (χ2n) is 5.73. The molecule has 5 nitrogen and oxygen atoms in total. The molecule has 6 heteroatoms. The summed E-state index contributed by atoms with van der Waals surface area (Å²) in [6, 6.07) is 8.09. The predicted octanol–water partition coefficient (Wildman–Crippen LogP) is 3.35. The second kappa shape index (κ2) is 10.0. The Kier molecular flexibility index (Phi) is 7.73. The lowest BCUT2D eigenvalue weighted by Gasteiger charge is -2.23. The molecule has 0 radical (unpaired) electrons. The van der Waals surface area contributed by atoms with E-state index in [2.05, 4.69) is 35.1 Å². The fraction of sp³-hybridized carbons (Fsp3) is 0.474. The number of rotatable bonds is 8. The third-order valence-corrected chi connectivity index (χ3v) is 5.04. The number of aromatic nitrogens is 1. The lowest BCUT2D eigenvalue weighted by atomic mass is 10.2. The number of benzene rings is 1. The van der Waals surface area contributed by atoms with Gasteiger partial charge in [-0.3, -0.25) is 4.99 Å². The van der Waals surface area contributed by atoms with Crippen LogP contribution in [0, 0.1) is 0 Å². The first-order valence-corrected chi connectivity index (χ1v) is 9.54. The molecule has 1 aromatic carbocycles. The summed E-state index contributed by atoms with van der Waals surface area (Å²) in [7, 11) is 3.75. The Labute approximate surface area is 154 Å². The molecule has 0 amide bonds. The van der Waals surface area contributed by atoms with E-state index in [0.717, 1.165) is 54.8 Å². The van der Waals surface area contributed by atoms with Crippen LogP contribution in [0.25, 0.3) is 0 Å². The maximum atomic E-state index is 5.44. The second-order valence-corrected chi connectivity index (χ2v) is 6.93. The van der Waals surface area contributed by atoms with Crippen LogP contribution in [0.15, 0.2) is 35.5 Å². The first-order chi connectivity index (χ1) is 12.2. The van der Waals surface area contributed by atoms with Gasteiger partial charge in [-0.25, -0.2) is 4.98 Å². The van der Waals surface area contributed by atoms with Gasteiger partial charge >= 0.3 is 0 Å². The Morgan fingerprint density at radius 2 is 2.12 bits per heavy atom. The Bertz CT molecular complexity index is 684. The topological polar surface area (TPSA) is 49.8 Å². The van der Waals surface area contributed by atoms with Crippen LogP contribution < -0.4 is 10.1 Å². The molecule has 2 rings (SSSR count). The molecule has 0 saturated heterocycles. The highest BCUT2D eigenvalue weighted by Crippen LogP contribution is 2.19. The van der Waals surface area contributed by atoms with Gasteiger partial charge in [0.05, 0.1) is 12.1 Å². The van der Waals surface area contributed by atoms with E-state index in [1.807, 2.05) is 31.4 Å². The molecule has 1 aromatic heterocycles. The van der Waals surface area contributed by atoms with Crippen LogP contribution in [0.2, 0.25) is 0 Å². The zero-order valence-electron chi connectivity index (χ0n) is 15.6. The Morgan fingerprint density at radius 1 is 1.32 bits per heavy atom. The quantitative estimate of drug-likeness (QED) is 0.579. The molecule has 0 aliphatic heterocycles. The molecule has 0 atom stereocenters. The maximum Gasteiger partial charge on any atom is 0.193 e. The van der Waals surface area contributed by atoms with Gasteiger partial charge in [-0.1, -0.05) is 25.1 Å². The minimum atomic E-state index is 0.731. The van der Waals surface area contributed by atoms with Crippen molar-refractivity contribution < 1.29 is 4.74 Å². The summed E-state index contributed by atoms with van der Waals surface area (Å²) < 4.78 is 5.44. The first-order valence-electron chi connectivity index (χ1n) is 8.72. The number of guanidine groups is 1. The zero-order chi connectivity index (χ0) is 18.1. The van der Waals surface area contributed by atoms with Crippen LogP contribution in [0.3, 0.4) is 0 Å². The van der Waals surface area contributed by atoms with Crippen molar-refractivity contribution in [3.05, 3.63) is 45.9 Å². The van der Waals surface area contributed by atoms with E-state index in [4.69, 9.17) is 9.73 Å². The van der Waals surface area contributed by atoms with Crippen molar-refractivity contribution in [1.29, 1.82) is 0 Å². The number of hydrogen-bond donors (Lipinski definition) is 1. The minimum Gasteiger partial charge on any atom is -0.496 e. The molecular formula is C19H28N4OS. The van der Waals surface area contributed by atoms with Crippen molar-refractivity contribution in [3.8, 4) is 5.75 Å². The number of para-hydroxylation sites is 1. The summed E-state index contributed by atoms with van der Waals surface area (Å²) in [5, 5.41) is 4.52. The SMILES string of the molecule is CCNC(=NCCc1ncc(CC)s1)N(C)Cc1ccccc1OC. The van der Waals surface area contributed by atoms with Gasteiger partial charge in [0.25, 0.3) is 0 Å². The number of ether oxygens (including phenoxy) is 1. The van der Waals surface area contributed by atoms with Gasteiger partial charge in [-0.2, -0.15) is 0 Å². The van der Waals surface area contributed by atoms with Gasteiger partial charge in [-0.05, 0) is 19.4 Å². The molecule has 0 aliphatic carbocycles. The number of nitrogens with one attached hydrogen (secondary N) is 1. The highest BCUT2D eigenvalue weighted by molar-refractivity contribution is 7.11. The van der Waals surface area contributed by atoms with Crippen molar-refractivity contribution >= 4 is 17.3 Å². The molecule has 0 saturated carbocycles. The third-order valence-electron chi connectivity index (χ3n) is 3.83. The molecule has 0 fully saturated rings. The number of hydrogen-bond acceptors (Lipinski definition) is 4. The maximum absolute atomic E-state index is 5.44. The molecule has 1 heterocycles. The summed E-state index contributed by atoms with van der Waals surface area (Å²) in [4.78, 5) is 12.7. The van der Waals surface area contributed by atoms with E-state index in [0.29, 0.717) is 0 Å². The number of thiazole rings is 1. The lowest BCUT2D eigenvalue weighted by molar-refractivity contribution is 0.396. The van der Waals surface area contributed by atoms with Crippen molar-refractivity contribution in [2.24, 2.45) is 4.99 Å². The van der Waals surface area contributed by atoms with Crippen LogP contribution in [-0.2, 0) is 19.4 Å². The normalized spacial score (nSPS) is 11.4. The van der Waals surface area contributed by atoms with Gasteiger partial charge in [0.15, 0.2) is 5.96 Å². The van der Waals surface area contributed by atoms with Crippen LogP contribution in [0.5, 0.6) is 5.75 Å². The van der Waals surface area contributed by atoms with Crippen molar-refractivity contribution in [2.75, 3.05) is 27.2 Å². The van der Waals surface area contributed by atoms with Gasteiger partial charge in [0, 0.05) is 49.7 Å². The minimum absolute atomic E-state index is 0.731. The summed E-state index contributed by atoms with van der Waals surface area (Å²) in [6.07, 6.45) is 3.90. The van der Waals surface area contributed by atoms with Crippen LogP contribution in [-0.4, -0.2) is 43.1 Å². The summed E-state index contributed by atoms with van der Waals surface area (Å²) >= 11 is 1.78. The van der Waals surface area contributed by atoms with Crippen LogP contribution in [0.1, 0.15) is 29.3 Å². The average molecular weight is 361 g/mol. The Morgan fingerprint density at radius 3 is 2.80 bits per heavy atom. The van der Waals surface area contributed by atoms with E-state index in [-0.39, 0.29) is 0 Å². The van der Waals surface area contributed by atoms with Gasteiger partial charge in [-0.15, -0.1) is 11.3 Å². The first kappa shape index (κ1) is 19.2. The standard InChI is InChI=1S/C19H28N4OS/c1-5-16-13-22-18(25-16)11-12-21-19(20-6-2)23(3)14-15-9-7-8-10-17(15)24-4/h7-10,13H,5-6,11-12,14H2,1-4H3,(H,20,21). The highest BCUT2D eigenvalue weighted by atomic mass is 32.1. The monoisotopic (exact) mass is 360 g/mol. The molecule has 0 unspecified atom stereocenters. The van der Waals surface area contributed by atoms with Crippen molar-refractivity contribution in [2.45, 2.75) is 33.2 Å².